The molecule has 0 heterocycles. The highest BCUT2D eigenvalue weighted by molar-refractivity contribution is 7.92. The van der Waals surface area contributed by atoms with Crippen molar-refractivity contribution in [3.63, 3.8) is 0 Å². The lowest BCUT2D eigenvalue weighted by atomic mass is 10.1. The maximum absolute atomic E-state index is 12.0. The fourth-order valence-electron chi connectivity index (χ4n) is 1.41. The Hall–Kier alpha value is -0.200. The molecule has 0 aromatic carbocycles. The van der Waals surface area contributed by atoms with Crippen LogP contribution in [-0.4, -0.2) is 48.4 Å². The van der Waals surface area contributed by atoms with E-state index in [0.29, 0.717) is 18.1 Å². The van der Waals surface area contributed by atoms with Crippen molar-refractivity contribution >= 4 is 27.0 Å². The first kappa shape index (κ1) is 17.8. The Morgan fingerprint density at radius 3 is 2.22 bits per heavy atom. The molecule has 2 N–H and O–H groups in total. The highest BCUT2D eigenvalue weighted by Gasteiger charge is 2.29. The molecule has 6 heteroatoms. The Kier molecular flexibility index (Phi) is 6.74. The van der Waals surface area contributed by atoms with Gasteiger partial charge in [-0.1, -0.05) is 26.1 Å². The minimum Gasteiger partial charge on any atom is -0.393 e. The Balaban J connectivity index is 4.46. The molecule has 0 aromatic heterocycles. The van der Waals surface area contributed by atoms with Crippen LogP contribution in [0.1, 0.15) is 34.6 Å². The SMILES string of the molecule is CCN(CCS(=O)(=O)C(C)(C)C)CC(C)C(N)=S. The fraction of sp³-hybridized carbons (Fsp3) is 0.917. The van der Waals surface area contributed by atoms with Gasteiger partial charge in [0.25, 0.3) is 0 Å². The molecule has 1 unspecified atom stereocenters. The maximum Gasteiger partial charge on any atom is 0.156 e. The summed E-state index contributed by atoms with van der Waals surface area (Å²) in [5, 5.41) is 0. The van der Waals surface area contributed by atoms with Gasteiger partial charge in [0.05, 0.1) is 15.5 Å². The molecule has 4 nitrogen and oxygen atoms in total. The van der Waals surface area contributed by atoms with E-state index in [9.17, 15) is 8.42 Å². The van der Waals surface area contributed by atoms with Crippen molar-refractivity contribution in [3.8, 4) is 0 Å². The summed E-state index contributed by atoms with van der Waals surface area (Å²) in [6.07, 6.45) is 0. The van der Waals surface area contributed by atoms with Crippen LogP contribution in [0.5, 0.6) is 0 Å². The minimum absolute atomic E-state index is 0.109. The lowest BCUT2D eigenvalue weighted by Gasteiger charge is -2.26. The van der Waals surface area contributed by atoms with Crippen LogP contribution in [0.25, 0.3) is 0 Å². The van der Waals surface area contributed by atoms with Gasteiger partial charge in [0.2, 0.25) is 0 Å². The summed E-state index contributed by atoms with van der Waals surface area (Å²) in [6.45, 7) is 11.2. The molecule has 0 rings (SSSR count). The molecule has 0 amide bonds. The van der Waals surface area contributed by atoms with E-state index in [-0.39, 0.29) is 11.7 Å². The summed E-state index contributed by atoms with van der Waals surface area (Å²) < 4.78 is 23.3. The van der Waals surface area contributed by atoms with Crippen LogP contribution < -0.4 is 5.73 Å². The van der Waals surface area contributed by atoms with Gasteiger partial charge in [-0.05, 0) is 27.3 Å². The second-order valence-electron chi connectivity index (χ2n) is 5.63. The molecule has 0 fully saturated rings. The molecule has 0 saturated heterocycles. The van der Waals surface area contributed by atoms with E-state index in [2.05, 4.69) is 4.90 Å². The maximum atomic E-state index is 12.0. The Labute approximate surface area is 117 Å². The lowest BCUT2D eigenvalue weighted by Crippen LogP contribution is -2.39. The number of sulfone groups is 1. The van der Waals surface area contributed by atoms with Gasteiger partial charge in [0.15, 0.2) is 9.84 Å². The molecule has 0 radical (unpaired) electrons. The summed E-state index contributed by atoms with van der Waals surface area (Å²) in [6, 6.07) is 0. The van der Waals surface area contributed by atoms with Crippen LogP contribution in [0.15, 0.2) is 0 Å². The predicted molar refractivity (Wildman–Crippen MR) is 81.6 cm³/mol. The monoisotopic (exact) mass is 294 g/mol. The van der Waals surface area contributed by atoms with E-state index in [1.165, 1.54) is 0 Å². The zero-order chi connectivity index (χ0) is 14.6. The number of thiocarbonyl (C=S) groups is 1. The fourth-order valence-corrected chi connectivity index (χ4v) is 2.60. The van der Waals surface area contributed by atoms with Gasteiger partial charge >= 0.3 is 0 Å². The van der Waals surface area contributed by atoms with E-state index >= 15 is 0 Å². The molecule has 0 aliphatic rings. The summed E-state index contributed by atoms with van der Waals surface area (Å²) in [7, 11) is -3.06. The third kappa shape index (κ3) is 5.63. The van der Waals surface area contributed by atoms with E-state index in [1.54, 1.807) is 20.8 Å². The van der Waals surface area contributed by atoms with Crippen molar-refractivity contribution in [2.75, 3.05) is 25.4 Å². The van der Waals surface area contributed by atoms with E-state index in [0.717, 1.165) is 6.54 Å². The Bertz CT molecular complexity index is 372. The molecule has 0 aliphatic carbocycles. The molecule has 108 valence electrons. The van der Waals surface area contributed by atoms with Crippen molar-refractivity contribution in [2.24, 2.45) is 11.7 Å². The van der Waals surface area contributed by atoms with Crippen LogP contribution in [0.4, 0.5) is 0 Å². The molecule has 0 bridgehead atoms. The Morgan fingerprint density at radius 1 is 1.39 bits per heavy atom. The molecule has 1 atom stereocenters. The smallest absolute Gasteiger partial charge is 0.156 e. The zero-order valence-corrected chi connectivity index (χ0v) is 13.7. The van der Waals surface area contributed by atoms with Gasteiger partial charge in [-0.25, -0.2) is 8.42 Å². The molecule has 0 aliphatic heterocycles. The largest absolute Gasteiger partial charge is 0.393 e. The average molecular weight is 294 g/mol. The van der Waals surface area contributed by atoms with Crippen LogP contribution in [0.2, 0.25) is 0 Å². The number of nitrogens with zero attached hydrogens (tertiary/aromatic N) is 1. The standard InChI is InChI=1S/C12H26N2O2S2/c1-6-14(9-10(2)11(13)17)7-8-18(15,16)12(3,4)5/h10H,6-9H2,1-5H3,(H2,13,17). The van der Waals surface area contributed by atoms with E-state index in [1.807, 2.05) is 13.8 Å². The average Bonchev–Trinajstić information content (AvgIpc) is 2.21. The van der Waals surface area contributed by atoms with Gasteiger partial charge in [-0.2, -0.15) is 0 Å². The van der Waals surface area contributed by atoms with Crippen LogP contribution in [0.3, 0.4) is 0 Å². The predicted octanol–water partition coefficient (Wildman–Crippen LogP) is 1.44. The molecule has 0 aromatic rings. The second-order valence-corrected chi connectivity index (χ2v) is 8.96. The van der Waals surface area contributed by atoms with E-state index < -0.39 is 14.6 Å². The molecule has 18 heavy (non-hydrogen) atoms. The van der Waals surface area contributed by atoms with Gasteiger partial charge in [0, 0.05) is 19.0 Å². The first-order valence-electron chi connectivity index (χ1n) is 6.25. The molecule has 0 saturated carbocycles. The summed E-state index contributed by atoms with van der Waals surface area (Å²) in [5.41, 5.74) is 5.58. The van der Waals surface area contributed by atoms with Crippen LogP contribution >= 0.6 is 12.2 Å². The zero-order valence-electron chi connectivity index (χ0n) is 12.1. The summed E-state index contributed by atoms with van der Waals surface area (Å²) in [4.78, 5) is 2.56. The van der Waals surface area contributed by atoms with Gasteiger partial charge < -0.3 is 10.6 Å². The number of hydrogen-bond donors (Lipinski definition) is 1. The lowest BCUT2D eigenvalue weighted by molar-refractivity contribution is 0.287. The third-order valence-electron chi connectivity index (χ3n) is 3.07. The minimum atomic E-state index is -3.06. The molecule has 0 spiro atoms. The van der Waals surface area contributed by atoms with Crippen LogP contribution in [0, 0.1) is 5.92 Å². The number of hydrogen-bond acceptors (Lipinski definition) is 4. The quantitative estimate of drug-likeness (QED) is 0.720. The second kappa shape index (κ2) is 6.82. The van der Waals surface area contributed by atoms with Gasteiger partial charge in [-0.15, -0.1) is 0 Å². The number of nitrogens with two attached hydrogens (primary N) is 1. The highest BCUT2D eigenvalue weighted by Crippen LogP contribution is 2.16. The summed E-state index contributed by atoms with van der Waals surface area (Å²) >= 11 is 4.93. The molecular formula is C12H26N2O2S2. The normalized spacial score (nSPS) is 14.8. The van der Waals surface area contributed by atoms with Gasteiger partial charge in [-0.3, -0.25) is 0 Å². The van der Waals surface area contributed by atoms with Gasteiger partial charge in [0.1, 0.15) is 0 Å². The third-order valence-corrected chi connectivity index (χ3v) is 6.06. The van der Waals surface area contributed by atoms with Crippen molar-refractivity contribution < 1.29 is 8.42 Å². The van der Waals surface area contributed by atoms with Crippen molar-refractivity contribution in [3.05, 3.63) is 0 Å². The van der Waals surface area contributed by atoms with Crippen molar-refractivity contribution in [1.29, 1.82) is 0 Å². The highest BCUT2D eigenvalue weighted by atomic mass is 32.2. The van der Waals surface area contributed by atoms with Crippen molar-refractivity contribution in [1.82, 2.24) is 4.90 Å². The first-order chi connectivity index (χ1) is 8.01. The van der Waals surface area contributed by atoms with E-state index in [4.69, 9.17) is 18.0 Å². The molecular weight excluding hydrogens is 268 g/mol. The first-order valence-corrected chi connectivity index (χ1v) is 8.31. The Morgan fingerprint density at radius 2 is 1.89 bits per heavy atom. The summed E-state index contributed by atoms with van der Waals surface area (Å²) in [5.74, 6) is 0.284. The van der Waals surface area contributed by atoms with Crippen molar-refractivity contribution in [2.45, 2.75) is 39.4 Å². The number of rotatable bonds is 7. The topological polar surface area (TPSA) is 63.4 Å². The van der Waals surface area contributed by atoms with Crippen LogP contribution in [-0.2, 0) is 9.84 Å².